The Morgan fingerprint density at radius 1 is 1.10 bits per heavy atom. The molecule has 0 aliphatic carbocycles. The maximum atomic E-state index is 12.6. The van der Waals surface area contributed by atoms with E-state index in [1.54, 1.807) is 20.8 Å². The van der Waals surface area contributed by atoms with E-state index in [0.29, 0.717) is 25.9 Å². The molecular formula is C19H33N3O7. The van der Waals surface area contributed by atoms with Crippen LogP contribution in [0.2, 0.25) is 0 Å². The maximum absolute atomic E-state index is 12.6. The lowest BCUT2D eigenvalue weighted by Crippen LogP contribution is -2.56. The van der Waals surface area contributed by atoms with Crippen molar-refractivity contribution in [1.29, 1.82) is 0 Å². The van der Waals surface area contributed by atoms with Crippen molar-refractivity contribution in [1.82, 2.24) is 16.0 Å². The van der Waals surface area contributed by atoms with Gasteiger partial charge in [0.2, 0.25) is 11.8 Å². The fourth-order valence-corrected chi connectivity index (χ4v) is 2.63. The van der Waals surface area contributed by atoms with Gasteiger partial charge >= 0.3 is 12.1 Å². The molecule has 3 amide bonds. The molecule has 1 fully saturated rings. The molecule has 10 heteroatoms. The summed E-state index contributed by atoms with van der Waals surface area (Å²) in [4.78, 5) is 48.9. The van der Waals surface area contributed by atoms with Crippen molar-refractivity contribution < 1.29 is 33.4 Å². The Hall–Kier alpha value is -2.36. The summed E-state index contributed by atoms with van der Waals surface area (Å²) >= 11 is 0. The zero-order valence-corrected chi connectivity index (χ0v) is 17.8. The standard InChI is InChI=1S/C19H33N3O7/c1-12-15(23)21-13(17(25)27-5)9-7-6-8-10-28-11-14(16(24)20-12)22-18(26)29-19(2,3)4/h12-14H,6-11H2,1-5H3,(H,20,24)(H,21,23)(H,22,26)/t12-,13-,14-/m0/s1. The zero-order valence-electron chi connectivity index (χ0n) is 17.8. The van der Waals surface area contributed by atoms with Gasteiger partial charge in [0.1, 0.15) is 23.7 Å². The van der Waals surface area contributed by atoms with Crippen molar-refractivity contribution in [2.75, 3.05) is 20.3 Å². The topological polar surface area (TPSA) is 132 Å². The Kier molecular flexibility index (Phi) is 9.87. The quantitative estimate of drug-likeness (QED) is 0.564. The first-order valence-electron chi connectivity index (χ1n) is 9.79. The molecule has 0 aromatic heterocycles. The molecule has 0 unspecified atom stereocenters. The second kappa shape index (κ2) is 11.6. The second-order valence-corrected chi connectivity index (χ2v) is 7.94. The highest BCUT2D eigenvalue weighted by atomic mass is 16.6. The largest absolute Gasteiger partial charge is 0.467 e. The van der Waals surface area contributed by atoms with Crippen LogP contribution in [-0.4, -0.2) is 67.9 Å². The third-order valence-electron chi connectivity index (χ3n) is 4.13. The monoisotopic (exact) mass is 415 g/mol. The molecule has 0 radical (unpaired) electrons. The number of carbonyl (C=O) groups excluding carboxylic acids is 4. The number of esters is 1. The molecule has 1 saturated heterocycles. The average Bonchev–Trinajstić information content (AvgIpc) is 2.62. The van der Waals surface area contributed by atoms with E-state index in [-0.39, 0.29) is 6.61 Å². The van der Waals surface area contributed by atoms with Crippen LogP contribution in [0.1, 0.15) is 53.4 Å². The molecule has 3 N–H and O–H groups in total. The Morgan fingerprint density at radius 3 is 2.41 bits per heavy atom. The molecule has 1 aliphatic heterocycles. The van der Waals surface area contributed by atoms with E-state index in [0.717, 1.165) is 6.42 Å². The average molecular weight is 415 g/mol. The fraction of sp³-hybridized carbons (Fsp3) is 0.789. The van der Waals surface area contributed by atoms with Crippen LogP contribution in [0.3, 0.4) is 0 Å². The van der Waals surface area contributed by atoms with Crippen LogP contribution in [0.15, 0.2) is 0 Å². The highest BCUT2D eigenvalue weighted by Gasteiger charge is 2.29. The van der Waals surface area contributed by atoms with Gasteiger partial charge in [0.05, 0.1) is 13.7 Å². The van der Waals surface area contributed by atoms with E-state index < -0.39 is 47.6 Å². The minimum absolute atomic E-state index is 0.0514. The van der Waals surface area contributed by atoms with Gasteiger partial charge in [-0.3, -0.25) is 9.59 Å². The highest BCUT2D eigenvalue weighted by molar-refractivity contribution is 5.92. The lowest BCUT2D eigenvalue weighted by Gasteiger charge is -2.25. The van der Waals surface area contributed by atoms with E-state index in [2.05, 4.69) is 16.0 Å². The van der Waals surface area contributed by atoms with Crippen LogP contribution in [0.4, 0.5) is 4.79 Å². The maximum Gasteiger partial charge on any atom is 0.408 e. The van der Waals surface area contributed by atoms with Crippen LogP contribution in [0.25, 0.3) is 0 Å². The van der Waals surface area contributed by atoms with Crippen molar-refractivity contribution in [2.24, 2.45) is 0 Å². The number of rotatable bonds is 2. The highest BCUT2D eigenvalue weighted by Crippen LogP contribution is 2.09. The van der Waals surface area contributed by atoms with Crippen LogP contribution < -0.4 is 16.0 Å². The number of nitrogens with one attached hydrogen (secondary N) is 3. The predicted octanol–water partition coefficient (Wildman–Crippen LogP) is 0.633. The summed E-state index contributed by atoms with van der Waals surface area (Å²) in [5.74, 6) is -1.65. The smallest absolute Gasteiger partial charge is 0.408 e. The summed E-state index contributed by atoms with van der Waals surface area (Å²) in [5, 5.41) is 7.61. The SMILES string of the molecule is COC(=O)[C@@H]1CCCCCOC[C@H](NC(=O)OC(C)(C)C)C(=O)N[C@@H](C)C(=O)N1. The third kappa shape index (κ3) is 9.60. The van der Waals surface area contributed by atoms with E-state index >= 15 is 0 Å². The Morgan fingerprint density at radius 2 is 1.79 bits per heavy atom. The molecule has 29 heavy (non-hydrogen) atoms. The van der Waals surface area contributed by atoms with Crippen LogP contribution in [0, 0.1) is 0 Å². The lowest BCUT2D eigenvalue weighted by atomic mass is 10.1. The lowest BCUT2D eigenvalue weighted by molar-refractivity contribution is -0.145. The summed E-state index contributed by atoms with van der Waals surface area (Å²) in [6.07, 6.45) is 1.85. The molecule has 10 nitrogen and oxygen atoms in total. The molecule has 0 aromatic rings. The van der Waals surface area contributed by atoms with E-state index in [4.69, 9.17) is 14.2 Å². The fourth-order valence-electron chi connectivity index (χ4n) is 2.63. The number of hydrogen-bond donors (Lipinski definition) is 3. The molecule has 0 saturated carbocycles. The molecule has 1 rings (SSSR count). The third-order valence-corrected chi connectivity index (χ3v) is 4.13. The van der Waals surface area contributed by atoms with Crippen LogP contribution in [0.5, 0.6) is 0 Å². The molecule has 3 atom stereocenters. The van der Waals surface area contributed by atoms with Gasteiger partial charge in [-0.05, 0) is 40.5 Å². The summed E-state index contributed by atoms with van der Waals surface area (Å²) in [6, 6.07) is -2.74. The number of ether oxygens (including phenoxy) is 3. The van der Waals surface area contributed by atoms with E-state index in [9.17, 15) is 19.2 Å². The van der Waals surface area contributed by atoms with Crippen LogP contribution in [-0.2, 0) is 28.6 Å². The number of hydrogen-bond acceptors (Lipinski definition) is 7. The molecule has 166 valence electrons. The van der Waals surface area contributed by atoms with Gasteiger partial charge < -0.3 is 30.2 Å². The summed E-state index contributed by atoms with van der Waals surface area (Å²) in [7, 11) is 1.26. The first-order chi connectivity index (χ1) is 13.5. The van der Waals surface area contributed by atoms with Crippen LogP contribution >= 0.6 is 0 Å². The van der Waals surface area contributed by atoms with Gasteiger partial charge in [0.25, 0.3) is 0 Å². The molecular weight excluding hydrogens is 382 g/mol. The molecule has 0 aromatic carbocycles. The second-order valence-electron chi connectivity index (χ2n) is 7.94. The Labute approximate surface area is 171 Å². The summed E-state index contributed by atoms with van der Waals surface area (Å²) in [5.41, 5.74) is -0.723. The number of amides is 3. The van der Waals surface area contributed by atoms with E-state index in [1.807, 2.05) is 0 Å². The summed E-state index contributed by atoms with van der Waals surface area (Å²) < 4.78 is 15.4. The Bertz CT molecular complexity index is 589. The predicted molar refractivity (Wildman–Crippen MR) is 104 cm³/mol. The van der Waals surface area contributed by atoms with Gasteiger partial charge in [-0.1, -0.05) is 12.8 Å². The normalized spacial score (nSPS) is 25.1. The van der Waals surface area contributed by atoms with Crippen molar-refractivity contribution in [3.8, 4) is 0 Å². The van der Waals surface area contributed by atoms with Gasteiger partial charge in [-0.2, -0.15) is 0 Å². The van der Waals surface area contributed by atoms with Gasteiger partial charge in [0.15, 0.2) is 0 Å². The van der Waals surface area contributed by atoms with Gasteiger partial charge in [-0.15, -0.1) is 0 Å². The molecule has 1 aliphatic rings. The van der Waals surface area contributed by atoms with E-state index in [1.165, 1.54) is 14.0 Å². The summed E-state index contributed by atoms with van der Waals surface area (Å²) in [6.45, 7) is 6.95. The van der Waals surface area contributed by atoms with Crippen molar-refractivity contribution in [2.45, 2.75) is 77.1 Å². The number of alkyl carbamates (subject to hydrolysis) is 1. The molecule has 0 spiro atoms. The zero-order chi connectivity index (χ0) is 22.0. The van der Waals surface area contributed by atoms with Gasteiger partial charge in [0, 0.05) is 6.61 Å². The number of methoxy groups -OCH3 is 1. The molecule has 1 heterocycles. The van der Waals surface area contributed by atoms with Crippen molar-refractivity contribution >= 4 is 23.9 Å². The first kappa shape index (κ1) is 24.7. The number of carbonyl (C=O) groups is 4. The van der Waals surface area contributed by atoms with Crippen molar-refractivity contribution in [3.63, 3.8) is 0 Å². The molecule has 0 bridgehead atoms. The first-order valence-corrected chi connectivity index (χ1v) is 9.79. The van der Waals surface area contributed by atoms with Gasteiger partial charge in [-0.25, -0.2) is 9.59 Å². The minimum atomic E-state index is -1.03. The Balaban J connectivity index is 2.85. The van der Waals surface area contributed by atoms with Crippen molar-refractivity contribution in [3.05, 3.63) is 0 Å². The minimum Gasteiger partial charge on any atom is -0.467 e.